The Hall–Kier alpha value is -3.24. The van der Waals surface area contributed by atoms with Crippen molar-refractivity contribution in [2.45, 2.75) is 11.8 Å². The Kier molecular flexibility index (Phi) is 6.80. The van der Waals surface area contributed by atoms with Crippen LogP contribution in [0.25, 0.3) is 5.69 Å². The first-order valence-electron chi connectivity index (χ1n) is 9.17. The van der Waals surface area contributed by atoms with Crippen molar-refractivity contribution in [2.24, 2.45) is 0 Å². The molecule has 0 spiro atoms. The molecule has 158 valence electrons. The summed E-state index contributed by atoms with van der Waals surface area (Å²) in [6.45, 7) is -0.145. The predicted octanol–water partition coefficient (Wildman–Crippen LogP) is 1.22. The second-order valence-corrected chi connectivity index (χ2v) is 8.55. The molecule has 9 nitrogen and oxygen atoms in total. The third kappa shape index (κ3) is 5.88. The molecular weight excluding hydrogens is 406 g/mol. The van der Waals surface area contributed by atoms with Crippen LogP contribution in [0.3, 0.4) is 0 Å². The van der Waals surface area contributed by atoms with Crippen LogP contribution in [0.1, 0.15) is 5.56 Å². The van der Waals surface area contributed by atoms with Crippen LogP contribution in [0, 0.1) is 0 Å². The summed E-state index contributed by atoms with van der Waals surface area (Å²) in [5.41, 5.74) is 1.43. The quantitative estimate of drug-likeness (QED) is 0.548. The summed E-state index contributed by atoms with van der Waals surface area (Å²) in [5.74, 6) is -0.124. The van der Waals surface area contributed by atoms with Gasteiger partial charge in [0.1, 0.15) is 31.1 Å². The highest BCUT2D eigenvalue weighted by molar-refractivity contribution is 7.88. The molecule has 0 aliphatic carbocycles. The molecule has 1 unspecified atom stereocenters. The van der Waals surface area contributed by atoms with Crippen molar-refractivity contribution in [2.75, 3.05) is 20.7 Å². The molecule has 1 heterocycles. The third-order valence-corrected chi connectivity index (χ3v) is 5.55. The molecular formula is C20H23N5O4S. The van der Waals surface area contributed by atoms with Gasteiger partial charge in [-0.2, -0.15) is 9.82 Å². The van der Waals surface area contributed by atoms with Gasteiger partial charge >= 0.3 is 0 Å². The van der Waals surface area contributed by atoms with Crippen molar-refractivity contribution in [1.82, 2.24) is 24.4 Å². The number of rotatable bonds is 9. The van der Waals surface area contributed by atoms with Gasteiger partial charge in [-0.25, -0.2) is 18.1 Å². The fourth-order valence-corrected chi connectivity index (χ4v) is 4.05. The topological polar surface area (TPSA) is 106 Å². The first-order valence-corrected chi connectivity index (χ1v) is 10.8. The number of likely N-dealkylation sites (N-methyl/N-ethyl adjacent to an activating group) is 1. The van der Waals surface area contributed by atoms with Crippen LogP contribution in [0.5, 0.6) is 5.75 Å². The lowest BCUT2D eigenvalue weighted by molar-refractivity contribution is -0.131. The van der Waals surface area contributed by atoms with E-state index < -0.39 is 22.0 Å². The average Bonchev–Trinajstić information content (AvgIpc) is 3.26. The maximum Gasteiger partial charge on any atom is 0.243 e. The molecule has 0 saturated carbocycles. The van der Waals surface area contributed by atoms with E-state index in [1.165, 1.54) is 11.2 Å². The number of carbonyl (C=O) groups excluding carboxylic acids is 1. The number of nitrogens with one attached hydrogen (secondary N) is 1. The lowest BCUT2D eigenvalue weighted by Crippen LogP contribution is -2.49. The van der Waals surface area contributed by atoms with E-state index in [2.05, 4.69) is 14.8 Å². The number of benzene rings is 2. The van der Waals surface area contributed by atoms with Gasteiger partial charge in [-0.3, -0.25) is 4.79 Å². The maximum absolute atomic E-state index is 12.6. The number of sulfonamides is 1. The van der Waals surface area contributed by atoms with Crippen LogP contribution < -0.4 is 9.46 Å². The van der Waals surface area contributed by atoms with E-state index in [4.69, 9.17) is 4.74 Å². The first kappa shape index (κ1) is 21.5. The normalized spacial score (nSPS) is 12.3. The molecule has 3 rings (SSSR count). The van der Waals surface area contributed by atoms with Crippen molar-refractivity contribution in [3.05, 3.63) is 72.8 Å². The van der Waals surface area contributed by atoms with Gasteiger partial charge in [-0.05, 0) is 29.8 Å². The summed E-state index contributed by atoms with van der Waals surface area (Å²) in [7, 11) is -0.623. The molecule has 1 N–H and O–H groups in total. The van der Waals surface area contributed by atoms with Gasteiger partial charge in [0.2, 0.25) is 15.9 Å². The Morgan fingerprint density at radius 2 is 1.83 bits per heavy atom. The Morgan fingerprint density at radius 1 is 1.13 bits per heavy atom. The van der Waals surface area contributed by atoms with Crippen LogP contribution >= 0.6 is 0 Å². The summed E-state index contributed by atoms with van der Waals surface area (Å²) in [6.07, 6.45) is 3.01. The van der Waals surface area contributed by atoms with Gasteiger partial charge in [0.25, 0.3) is 0 Å². The van der Waals surface area contributed by atoms with Gasteiger partial charge in [0.05, 0.1) is 11.4 Å². The Bertz CT molecular complexity index is 1050. The lowest BCUT2D eigenvalue weighted by atomic mass is 10.2. The number of nitrogens with zero attached hydrogens (tertiary/aromatic N) is 4. The van der Waals surface area contributed by atoms with Gasteiger partial charge in [0, 0.05) is 14.1 Å². The monoisotopic (exact) mass is 429 g/mol. The van der Waals surface area contributed by atoms with Crippen molar-refractivity contribution < 1.29 is 17.9 Å². The largest absolute Gasteiger partial charge is 0.491 e. The molecule has 1 amide bonds. The number of hydrogen-bond donors (Lipinski definition) is 1. The molecule has 10 heteroatoms. The van der Waals surface area contributed by atoms with E-state index in [0.717, 1.165) is 5.69 Å². The second kappa shape index (κ2) is 9.51. The molecule has 3 aromatic rings. The van der Waals surface area contributed by atoms with E-state index in [9.17, 15) is 13.2 Å². The lowest BCUT2D eigenvalue weighted by Gasteiger charge is -2.22. The van der Waals surface area contributed by atoms with E-state index in [1.54, 1.807) is 73.6 Å². The highest BCUT2D eigenvalue weighted by Crippen LogP contribution is 2.15. The van der Waals surface area contributed by atoms with Crippen LogP contribution in [-0.2, 0) is 20.6 Å². The molecule has 0 bridgehead atoms. The van der Waals surface area contributed by atoms with Gasteiger partial charge in [-0.1, -0.05) is 30.3 Å². The van der Waals surface area contributed by atoms with Crippen LogP contribution in [0.15, 0.2) is 67.3 Å². The van der Waals surface area contributed by atoms with E-state index in [0.29, 0.717) is 11.3 Å². The molecule has 0 radical (unpaired) electrons. The molecule has 0 aliphatic rings. The standard InChI is InChI=1S/C20H23N5O4S/c1-24(2)20(26)19(23-30(27,28)13-16-6-4-3-5-7-16)12-29-18-10-8-17(9-11-18)25-15-21-14-22-25/h3-11,14-15,19,23H,12-13H2,1-2H3. The fourth-order valence-electron chi connectivity index (χ4n) is 2.74. The van der Waals surface area contributed by atoms with Crippen molar-refractivity contribution >= 4 is 15.9 Å². The zero-order chi connectivity index (χ0) is 21.6. The summed E-state index contributed by atoms with van der Waals surface area (Å²) >= 11 is 0. The van der Waals surface area contributed by atoms with Gasteiger partial charge in [0.15, 0.2) is 0 Å². The van der Waals surface area contributed by atoms with Crippen LogP contribution in [0.4, 0.5) is 0 Å². The maximum atomic E-state index is 12.6. The smallest absolute Gasteiger partial charge is 0.243 e. The minimum Gasteiger partial charge on any atom is -0.491 e. The fraction of sp³-hybridized carbons (Fsp3) is 0.250. The molecule has 0 aliphatic heterocycles. The summed E-state index contributed by atoms with van der Waals surface area (Å²) in [4.78, 5) is 17.7. The molecule has 1 aromatic heterocycles. The highest BCUT2D eigenvalue weighted by Gasteiger charge is 2.26. The van der Waals surface area contributed by atoms with Gasteiger partial charge in [-0.15, -0.1) is 0 Å². The molecule has 2 aromatic carbocycles. The van der Waals surface area contributed by atoms with E-state index >= 15 is 0 Å². The third-order valence-electron chi connectivity index (χ3n) is 4.20. The number of carbonyl (C=O) groups is 1. The Morgan fingerprint density at radius 3 is 2.43 bits per heavy atom. The number of amides is 1. The summed E-state index contributed by atoms with van der Waals surface area (Å²) in [6, 6.07) is 14.7. The molecule has 30 heavy (non-hydrogen) atoms. The van der Waals surface area contributed by atoms with E-state index in [-0.39, 0.29) is 12.4 Å². The number of aromatic nitrogens is 3. The van der Waals surface area contributed by atoms with Crippen molar-refractivity contribution in [3.63, 3.8) is 0 Å². The van der Waals surface area contributed by atoms with Crippen molar-refractivity contribution in [3.8, 4) is 11.4 Å². The summed E-state index contributed by atoms with van der Waals surface area (Å²) < 4.78 is 34.9. The number of ether oxygens (including phenoxy) is 1. The molecule has 0 fully saturated rings. The zero-order valence-corrected chi connectivity index (χ0v) is 17.5. The SMILES string of the molecule is CN(C)C(=O)C(COc1ccc(-n2cncn2)cc1)NS(=O)(=O)Cc1ccccc1. The zero-order valence-electron chi connectivity index (χ0n) is 16.7. The van der Waals surface area contributed by atoms with Gasteiger partial charge < -0.3 is 9.64 Å². The predicted molar refractivity (Wildman–Crippen MR) is 112 cm³/mol. The summed E-state index contributed by atoms with van der Waals surface area (Å²) in [5, 5.41) is 4.05. The minimum atomic E-state index is -3.75. The Labute approximate surface area is 175 Å². The Balaban J connectivity index is 1.67. The highest BCUT2D eigenvalue weighted by atomic mass is 32.2. The first-order chi connectivity index (χ1) is 14.3. The molecule has 1 atom stereocenters. The van der Waals surface area contributed by atoms with Crippen LogP contribution in [0.2, 0.25) is 0 Å². The molecule has 0 saturated heterocycles. The van der Waals surface area contributed by atoms with E-state index in [1.807, 2.05) is 6.07 Å². The van der Waals surface area contributed by atoms with Crippen LogP contribution in [-0.4, -0.2) is 60.7 Å². The van der Waals surface area contributed by atoms with Crippen molar-refractivity contribution in [1.29, 1.82) is 0 Å². The number of hydrogen-bond acceptors (Lipinski definition) is 6. The minimum absolute atomic E-state index is 0.145. The average molecular weight is 430 g/mol. The second-order valence-electron chi connectivity index (χ2n) is 6.79.